The van der Waals surface area contributed by atoms with E-state index in [4.69, 9.17) is 10.8 Å². The number of hydrogen-bond acceptors (Lipinski definition) is 5. The molecule has 15 heavy (non-hydrogen) atoms. The first-order valence-electron chi connectivity index (χ1n) is 4.07. The zero-order chi connectivity index (χ0) is 10.8. The SMILES string of the molecule is Nc1csc(-c2nccc(C(=O)O)n2)c1. The van der Waals surface area contributed by atoms with Gasteiger partial charge in [-0.3, -0.25) is 0 Å². The molecule has 5 nitrogen and oxygen atoms in total. The van der Waals surface area contributed by atoms with Crippen molar-refractivity contribution < 1.29 is 9.90 Å². The number of aromatic nitrogens is 2. The molecular formula is C9H7N3O2S. The highest BCUT2D eigenvalue weighted by molar-refractivity contribution is 7.14. The molecular weight excluding hydrogens is 214 g/mol. The molecule has 0 aromatic carbocycles. The minimum absolute atomic E-state index is 0.0213. The van der Waals surface area contributed by atoms with Crippen molar-refractivity contribution in [3.8, 4) is 10.7 Å². The number of nitrogens with zero attached hydrogens (tertiary/aromatic N) is 2. The second-order valence-electron chi connectivity index (χ2n) is 2.81. The van der Waals surface area contributed by atoms with Crippen LogP contribution in [0.4, 0.5) is 5.69 Å². The lowest BCUT2D eigenvalue weighted by Crippen LogP contribution is -2.01. The minimum atomic E-state index is -1.07. The molecule has 2 aromatic rings. The molecule has 0 atom stereocenters. The summed E-state index contributed by atoms with van der Waals surface area (Å²) in [5.74, 6) is -0.681. The summed E-state index contributed by atoms with van der Waals surface area (Å²) >= 11 is 1.38. The van der Waals surface area contributed by atoms with Crippen LogP contribution in [0.5, 0.6) is 0 Å². The highest BCUT2D eigenvalue weighted by Gasteiger charge is 2.08. The molecule has 0 saturated heterocycles. The van der Waals surface area contributed by atoms with Crippen LogP contribution in [0.15, 0.2) is 23.7 Å². The summed E-state index contributed by atoms with van der Waals surface area (Å²) in [5, 5.41) is 10.5. The molecule has 0 unspecified atom stereocenters. The van der Waals surface area contributed by atoms with Gasteiger partial charge < -0.3 is 10.8 Å². The summed E-state index contributed by atoms with van der Waals surface area (Å²) in [6.07, 6.45) is 1.42. The normalized spacial score (nSPS) is 10.1. The fourth-order valence-corrected chi connectivity index (χ4v) is 1.80. The summed E-state index contributed by atoms with van der Waals surface area (Å²) in [6.45, 7) is 0. The van der Waals surface area contributed by atoms with Crippen LogP contribution in [0.3, 0.4) is 0 Å². The van der Waals surface area contributed by atoms with E-state index in [0.717, 1.165) is 4.88 Å². The maximum Gasteiger partial charge on any atom is 0.354 e. The number of rotatable bonds is 2. The third kappa shape index (κ3) is 1.94. The molecule has 0 aliphatic rings. The Morgan fingerprint density at radius 2 is 2.33 bits per heavy atom. The Morgan fingerprint density at radius 3 is 2.93 bits per heavy atom. The number of carboxylic acid groups (broad SMARTS) is 1. The molecule has 0 aliphatic carbocycles. The van der Waals surface area contributed by atoms with Crippen molar-refractivity contribution in [2.45, 2.75) is 0 Å². The summed E-state index contributed by atoms with van der Waals surface area (Å²) in [6, 6.07) is 3.06. The smallest absolute Gasteiger partial charge is 0.354 e. The monoisotopic (exact) mass is 221 g/mol. The molecule has 0 spiro atoms. The van der Waals surface area contributed by atoms with Gasteiger partial charge in [-0.25, -0.2) is 14.8 Å². The molecule has 2 heterocycles. The Kier molecular flexibility index (Phi) is 2.34. The Morgan fingerprint density at radius 1 is 1.53 bits per heavy atom. The van der Waals surface area contributed by atoms with E-state index in [1.807, 2.05) is 0 Å². The first-order chi connectivity index (χ1) is 7.16. The van der Waals surface area contributed by atoms with Gasteiger partial charge in [-0.1, -0.05) is 0 Å². The van der Waals surface area contributed by atoms with E-state index in [0.29, 0.717) is 11.5 Å². The van der Waals surface area contributed by atoms with Crippen LogP contribution in [0, 0.1) is 0 Å². The number of carboxylic acids is 1. The fourth-order valence-electron chi connectivity index (χ4n) is 1.06. The molecule has 0 bridgehead atoms. The van der Waals surface area contributed by atoms with Crippen molar-refractivity contribution in [2.75, 3.05) is 5.73 Å². The van der Waals surface area contributed by atoms with E-state index in [9.17, 15) is 4.79 Å². The first kappa shape index (κ1) is 9.60. The Balaban J connectivity index is 2.45. The van der Waals surface area contributed by atoms with Gasteiger partial charge in [0.2, 0.25) is 0 Å². The van der Waals surface area contributed by atoms with Crippen LogP contribution in [0.2, 0.25) is 0 Å². The number of nitrogen functional groups attached to an aromatic ring is 1. The number of nitrogens with two attached hydrogens (primary N) is 1. The van der Waals surface area contributed by atoms with E-state index in [1.54, 1.807) is 11.4 Å². The molecule has 2 rings (SSSR count). The van der Waals surface area contributed by atoms with Crippen molar-refractivity contribution in [1.29, 1.82) is 0 Å². The molecule has 0 fully saturated rings. The lowest BCUT2D eigenvalue weighted by Gasteiger charge is -1.96. The average Bonchev–Trinajstić information content (AvgIpc) is 2.65. The van der Waals surface area contributed by atoms with Gasteiger partial charge in [0.25, 0.3) is 0 Å². The van der Waals surface area contributed by atoms with Crippen LogP contribution in [-0.4, -0.2) is 21.0 Å². The summed E-state index contributed by atoms with van der Waals surface area (Å²) in [4.78, 5) is 19.3. The number of thiophene rings is 1. The summed E-state index contributed by atoms with van der Waals surface area (Å²) in [5.41, 5.74) is 6.16. The second-order valence-corrected chi connectivity index (χ2v) is 3.73. The molecule has 3 N–H and O–H groups in total. The van der Waals surface area contributed by atoms with Gasteiger partial charge in [0.15, 0.2) is 11.5 Å². The summed E-state index contributed by atoms with van der Waals surface area (Å²) in [7, 11) is 0. The predicted molar refractivity (Wildman–Crippen MR) is 56.7 cm³/mol. The lowest BCUT2D eigenvalue weighted by molar-refractivity contribution is 0.0690. The van der Waals surface area contributed by atoms with Gasteiger partial charge in [0, 0.05) is 17.3 Å². The topological polar surface area (TPSA) is 89.1 Å². The third-order valence-electron chi connectivity index (χ3n) is 1.71. The molecule has 0 radical (unpaired) electrons. The molecule has 6 heteroatoms. The van der Waals surface area contributed by atoms with E-state index in [2.05, 4.69) is 9.97 Å². The number of anilines is 1. The minimum Gasteiger partial charge on any atom is -0.477 e. The quantitative estimate of drug-likeness (QED) is 0.801. The van der Waals surface area contributed by atoms with Crippen molar-refractivity contribution in [3.05, 3.63) is 29.4 Å². The van der Waals surface area contributed by atoms with Crippen LogP contribution in [-0.2, 0) is 0 Å². The van der Waals surface area contributed by atoms with Crippen LogP contribution in [0.1, 0.15) is 10.5 Å². The van der Waals surface area contributed by atoms with Gasteiger partial charge in [0.05, 0.1) is 4.88 Å². The number of hydrogen-bond donors (Lipinski definition) is 2. The van der Waals surface area contributed by atoms with Crippen LogP contribution < -0.4 is 5.73 Å². The molecule has 2 aromatic heterocycles. The van der Waals surface area contributed by atoms with Crippen LogP contribution in [0.25, 0.3) is 10.7 Å². The maximum atomic E-state index is 10.7. The van der Waals surface area contributed by atoms with E-state index < -0.39 is 5.97 Å². The number of carbonyl (C=O) groups is 1. The van der Waals surface area contributed by atoms with E-state index >= 15 is 0 Å². The molecule has 76 valence electrons. The molecule has 0 aliphatic heterocycles. The standard InChI is InChI=1S/C9H7N3O2S/c10-5-3-7(15-4-5)8-11-2-1-6(12-8)9(13)14/h1-4H,10H2,(H,13,14). The molecule has 0 saturated carbocycles. The zero-order valence-electron chi connectivity index (χ0n) is 7.54. The Bertz CT molecular complexity index is 510. The highest BCUT2D eigenvalue weighted by Crippen LogP contribution is 2.25. The van der Waals surface area contributed by atoms with Gasteiger partial charge >= 0.3 is 5.97 Å². The van der Waals surface area contributed by atoms with Crippen molar-refractivity contribution in [3.63, 3.8) is 0 Å². The van der Waals surface area contributed by atoms with Gasteiger partial charge in [0.1, 0.15) is 0 Å². The van der Waals surface area contributed by atoms with Gasteiger partial charge in [-0.15, -0.1) is 11.3 Å². The lowest BCUT2D eigenvalue weighted by atomic mass is 10.3. The van der Waals surface area contributed by atoms with Crippen LogP contribution >= 0.6 is 11.3 Å². The fraction of sp³-hybridized carbons (Fsp3) is 0. The van der Waals surface area contributed by atoms with E-state index in [1.165, 1.54) is 23.6 Å². The second kappa shape index (κ2) is 3.66. The van der Waals surface area contributed by atoms with Crippen molar-refractivity contribution in [2.24, 2.45) is 0 Å². The Hall–Kier alpha value is -1.95. The van der Waals surface area contributed by atoms with E-state index in [-0.39, 0.29) is 5.69 Å². The average molecular weight is 221 g/mol. The molecule has 0 amide bonds. The largest absolute Gasteiger partial charge is 0.477 e. The zero-order valence-corrected chi connectivity index (χ0v) is 8.36. The highest BCUT2D eigenvalue weighted by atomic mass is 32.1. The van der Waals surface area contributed by atoms with Crippen molar-refractivity contribution >= 4 is 23.0 Å². The maximum absolute atomic E-state index is 10.7. The first-order valence-corrected chi connectivity index (χ1v) is 4.95. The van der Waals surface area contributed by atoms with Gasteiger partial charge in [-0.05, 0) is 12.1 Å². The van der Waals surface area contributed by atoms with Gasteiger partial charge in [-0.2, -0.15) is 0 Å². The summed E-state index contributed by atoms with van der Waals surface area (Å²) < 4.78 is 0. The Labute approximate surface area is 89.2 Å². The predicted octanol–water partition coefficient (Wildman–Crippen LogP) is 1.49. The third-order valence-corrected chi connectivity index (χ3v) is 2.66. The number of aromatic carboxylic acids is 1. The van der Waals surface area contributed by atoms with Crippen molar-refractivity contribution in [1.82, 2.24) is 9.97 Å².